The highest BCUT2D eigenvalue weighted by molar-refractivity contribution is 5.90. The third-order valence-electron chi connectivity index (χ3n) is 2.52. The summed E-state index contributed by atoms with van der Waals surface area (Å²) in [5.74, 6) is 0.0886. The van der Waals surface area contributed by atoms with Gasteiger partial charge in [-0.2, -0.15) is 0 Å². The number of aliphatic carboxylic acids is 1. The van der Waals surface area contributed by atoms with Crippen LogP contribution in [-0.4, -0.2) is 38.7 Å². The van der Waals surface area contributed by atoms with E-state index in [0.29, 0.717) is 18.9 Å². The smallest absolute Gasteiger partial charge is 0.303 e. The van der Waals surface area contributed by atoms with Crippen molar-refractivity contribution in [2.45, 2.75) is 31.6 Å². The largest absolute Gasteiger partial charge is 0.481 e. The number of rotatable bonds is 6. The van der Waals surface area contributed by atoms with Gasteiger partial charge in [0.05, 0.1) is 0 Å². The molecule has 1 amide bonds. The van der Waals surface area contributed by atoms with Crippen molar-refractivity contribution in [3.8, 4) is 0 Å². The lowest BCUT2D eigenvalue weighted by atomic mass is 10.3. The van der Waals surface area contributed by atoms with Gasteiger partial charge in [0.15, 0.2) is 0 Å². The van der Waals surface area contributed by atoms with Crippen LogP contribution in [0.25, 0.3) is 0 Å². The maximum atomic E-state index is 11.5. The van der Waals surface area contributed by atoms with Gasteiger partial charge in [-0.3, -0.25) is 14.7 Å². The fourth-order valence-corrected chi connectivity index (χ4v) is 1.44. The molecular formula is C10H14N4O3. The van der Waals surface area contributed by atoms with Crippen molar-refractivity contribution in [3.05, 3.63) is 11.6 Å². The Labute approximate surface area is 97.6 Å². The molecule has 1 heterocycles. The Morgan fingerprint density at radius 2 is 2.24 bits per heavy atom. The summed E-state index contributed by atoms with van der Waals surface area (Å²) in [7, 11) is 0. The zero-order chi connectivity index (χ0) is 12.3. The van der Waals surface area contributed by atoms with Crippen LogP contribution in [0.3, 0.4) is 0 Å². The molecule has 0 bridgehead atoms. The lowest BCUT2D eigenvalue weighted by Gasteiger charge is -1.99. The molecule has 3 N–H and O–H groups in total. The van der Waals surface area contributed by atoms with Crippen molar-refractivity contribution in [1.82, 2.24) is 20.5 Å². The minimum atomic E-state index is -0.867. The number of hydrogen-bond donors (Lipinski definition) is 3. The number of carboxylic acid groups (broad SMARTS) is 1. The highest BCUT2D eigenvalue weighted by Crippen LogP contribution is 2.37. The van der Waals surface area contributed by atoms with Crippen molar-refractivity contribution in [3.63, 3.8) is 0 Å². The summed E-state index contributed by atoms with van der Waals surface area (Å²) in [4.78, 5) is 25.9. The zero-order valence-electron chi connectivity index (χ0n) is 9.27. The third kappa shape index (κ3) is 3.27. The molecule has 1 aromatic rings. The van der Waals surface area contributed by atoms with Crippen LogP contribution in [0.1, 0.15) is 48.0 Å². The second-order valence-electron chi connectivity index (χ2n) is 4.07. The van der Waals surface area contributed by atoms with Crippen molar-refractivity contribution >= 4 is 11.9 Å². The molecule has 0 atom stereocenters. The van der Waals surface area contributed by atoms with E-state index in [1.165, 1.54) is 0 Å². The van der Waals surface area contributed by atoms with Crippen LogP contribution >= 0.6 is 0 Å². The van der Waals surface area contributed by atoms with E-state index in [1.54, 1.807) is 0 Å². The van der Waals surface area contributed by atoms with Gasteiger partial charge in [-0.25, -0.2) is 4.98 Å². The molecular weight excluding hydrogens is 224 g/mol. The summed E-state index contributed by atoms with van der Waals surface area (Å²) in [5, 5.41) is 17.6. The molecule has 0 unspecified atom stereocenters. The summed E-state index contributed by atoms with van der Waals surface area (Å²) in [6.45, 7) is 0.318. The molecule has 1 aliphatic rings. The molecule has 7 heteroatoms. The molecule has 7 nitrogen and oxygen atoms in total. The molecule has 1 saturated carbocycles. The Kier molecular flexibility index (Phi) is 3.36. The van der Waals surface area contributed by atoms with Gasteiger partial charge in [-0.05, 0) is 19.3 Å². The lowest BCUT2D eigenvalue weighted by molar-refractivity contribution is -0.137. The number of carbonyl (C=O) groups is 2. The summed E-state index contributed by atoms with van der Waals surface area (Å²) in [6, 6.07) is 0. The van der Waals surface area contributed by atoms with Gasteiger partial charge >= 0.3 is 5.97 Å². The average Bonchev–Trinajstić information content (AvgIpc) is 3.02. The number of carbonyl (C=O) groups excluding carboxylic acids is 1. The SMILES string of the molecule is O=C(O)CCCNC(=O)c1n[nH]c(C2CC2)n1. The third-order valence-corrected chi connectivity index (χ3v) is 2.52. The molecule has 1 aromatic heterocycles. The minimum Gasteiger partial charge on any atom is -0.481 e. The normalized spacial score (nSPS) is 14.6. The summed E-state index contributed by atoms with van der Waals surface area (Å²) >= 11 is 0. The predicted octanol–water partition coefficient (Wildman–Crippen LogP) is 0.277. The van der Waals surface area contributed by atoms with E-state index >= 15 is 0 Å². The van der Waals surface area contributed by atoms with E-state index in [1.807, 2.05) is 0 Å². The van der Waals surface area contributed by atoms with E-state index in [0.717, 1.165) is 18.7 Å². The molecule has 0 aromatic carbocycles. The number of aromatic amines is 1. The Hall–Kier alpha value is -1.92. The number of nitrogens with one attached hydrogen (secondary N) is 2. The van der Waals surface area contributed by atoms with Gasteiger partial charge in [-0.15, -0.1) is 5.10 Å². The van der Waals surface area contributed by atoms with Crippen molar-refractivity contribution in [1.29, 1.82) is 0 Å². The molecule has 1 fully saturated rings. The van der Waals surface area contributed by atoms with Crippen LogP contribution in [0.5, 0.6) is 0 Å². The Morgan fingerprint density at radius 1 is 1.47 bits per heavy atom. The molecule has 0 aliphatic heterocycles. The Morgan fingerprint density at radius 3 is 2.88 bits per heavy atom. The first-order valence-electron chi connectivity index (χ1n) is 5.59. The van der Waals surface area contributed by atoms with Gasteiger partial charge in [0.1, 0.15) is 5.82 Å². The van der Waals surface area contributed by atoms with E-state index in [9.17, 15) is 9.59 Å². The maximum absolute atomic E-state index is 11.5. The average molecular weight is 238 g/mol. The molecule has 0 saturated heterocycles. The van der Waals surface area contributed by atoms with E-state index in [2.05, 4.69) is 20.5 Å². The van der Waals surface area contributed by atoms with Crippen LogP contribution < -0.4 is 5.32 Å². The molecule has 92 valence electrons. The first kappa shape index (κ1) is 11.6. The quantitative estimate of drug-likeness (QED) is 0.617. The highest BCUT2D eigenvalue weighted by atomic mass is 16.4. The van der Waals surface area contributed by atoms with Gasteiger partial charge in [0.25, 0.3) is 5.91 Å². The van der Waals surface area contributed by atoms with Crippen molar-refractivity contribution in [2.75, 3.05) is 6.54 Å². The Bertz CT molecular complexity index is 425. The summed E-state index contributed by atoms with van der Waals surface area (Å²) in [6.07, 6.45) is 2.63. The molecule has 2 rings (SSSR count). The minimum absolute atomic E-state index is 0.0433. The van der Waals surface area contributed by atoms with Crippen LogP contribution in [0.15, 0.2) is 0 Å². The monoisotopic (exact) mass is 238 g/mol. The van der Waals surface area contributed by atoms with Crippen molar-refractivity contribution in [2.24, 2.45) is 0 Å². The van der Waals surface area contributed by atoms with Crippen LogP contribution in [0.2, 0.25) is 0 Å². The van der Waals surface area contributed by atoms with E-state index in [-0.39, 0.29) is 18.2 Å². The van der Waals surface area contributed by atoms with Gasteiger partial charge in [0.2, 0.25) is 5.82 Å². The van der Waals surface area contributed by atoms with Crippen LogP contribution in [0.4, 0.5) is 0 Å². The van der Waals surface area contributed by atoms with E-state index < -0.39 is 5.97 Å². The fourth-order valence-electron chi connectivity index (χ4n) is 1.44. The summed E-state index contributed by atoms with van der Waals surface area (Å²) < 4.78 is 0. The van der Waals surface area contributed by atoms with Crippen LogP contribution in [0, 0.1) is 0 Å². The summed E-state index contributed by atoms with van der Waals surface area (Å²) in [5.41, 5.74) is 0. The topological polar surface area (TPSA) is 108 Å². The number of aromatic nitrogens is 3. The molecule has 1 aliphatic carbocycles. The number of amides is 1. The van der Waals surface area contributed by atoms with Crippen molar-refractivity contribution < 1.29 is 14.7 Å². The fraction of sp³-hybridized carbons (Fsp3) is 0.600. The number of hydrogen-bond acceptors (Lipinski definition) is 4. The zero-order valence-corrected chi connectivity index (χ0v) is 9.27. The predicted molar refractivity (Wildman–Crippen MR) is 57.6 cm³/mol. The number of H-pyrrole nitrogens is 1. The second-order valence-corrected chi connectivity index (χ2v) is 4.07. The highest BCUT2D eigenvalue weighted by Gasteiger charge is 2.28. The first-order valence-corrected chi connectivity index (χ1v) is 5.59. The second kappa shape index (κ2) is 4.94. The first-order chi connectivity index (χ1) is 8.16. The van der Waals surface area contributed by atoms with E-state index in [4.69, 9.17) is 5.11 Å². The maximum Gasteiger partial charge on any atom is 0.303 e. The van der Waals surface area contributed by atoms with Crippen LogP contribution in [-0.2, 0) is 4.79 Å². The number of carboxylic acids is 1. The Balaban J connectivity index is 1.76. The standard InChI is InChI=1S/C10H14N4O3/c15-7(16)2-1-5-11-10(17)9-12-8(13-14-9)6-3-4-6/h6H,1-5H2,(H,11,17)(H,15,16)(H,12,13,14). The number of nitrogens with zero attached hydrogens (tertiary/aromatic N) is 2. The van der Waals surface area contributed by atoms with Gasteiger partial charge < -0.3 is 10.4 Å². The molecule has 0 spiro atoms. The molecule has 0 radical (unpaired) electrons. The van der Waals surface area contributed by atoms with Gasteiger partial charge in [0, 0.05) is 18.9 Å². The molecule has 17 heavy (non-hydrogen) atoms. The lowest BCUT2D eigenvalue weighted by Crippen LogP contribution is -2.26. The van der Waals surface area contributed by atoms with Gasteiger partial charge in [-0.1, -0.05) is 0 Å².